The van der Waals surface area contributed by atoms with Crippen molar-refractivity contribution < 1.29 is 0 Å². The largest absolute Gasteiger partial charge is 0.356 e. The van der Waals surface area contributed by atoms with Crippen LogP contribution < -0.4 is 16.0 Å². The van der Waals surface area contributed by atoms with Gasteiger partial charge in [-0.15, -0.1) is 0 Å². The molecule has 0 bridgehead atoms. The van der Waals surface area contributed by atoms with Gasteiger partial charge in [0.15, 0.2) is 0 Å². The molecule has 1 atom stereocenters. The summed E-state index contributed by atoms with van der Waals surface area (Å²) < 4.78 is 1.02. The summed E-state index contributed by atoms with van der Waals surface area (Å²) in [6.07, 6.45) is 1.55. The van der Waals surface area contributed by atoms with Crippen LogP contribution in [0.25, 0.3) is 0 Å². The van der Waals surface area contributed by atoms with Gasteiger partial charge in [-0.1, -0.05) is 22.0 Å². The number of nitrogens with two attached hydrogens (primary N) is 1. The fourth-order valence-corrected chi connectivity index (χ4v) is 2.11. The van der Waals surface area contributed by atoms with Gasteiger partial charge in [0.2, 0.25) is 0 Å². The number of rotatable bonds is 5. The van der Waals surface area contributed by atoms with E-state index < -0.39 is 0 Å². The Labute approximate surface area is 127 Å². The van der Waals surface area contributed by atoms with Gasteiger partial charge in [-0.05, 0) is 25.1 Å². The van der Waals surface area contributed by atoms with Crippen LogP contribution in [0.2, 0.25) is 0 Å². The van der Waals surface area contributed by atoms with E-state index in [4.69, 9.17) is 5.73 Å². The molecule has 0 fully saturated rings. The highest BCUT2D eigenvalue weighted by Gasteiger charge is 2.10. The van der Waals surface area contributed by atoms with Gasteiger partial charge in [0.05, 0.1) is 0 Å². The van der Waals surface area contributed by atoms with E-state index >= 15 is 0 Å². The van der Waals surface area contributed by atoms with Crippen LogP contribution in [0.3, 0.4) is 0 Å². The molecule has 1 unspecified atom stereocenters. The predicted molar refractivity (Wildman–Crippen MR) is 86.4 cm³/mol. The van der Waals surface area contributed by atoms with E-state index in [0.29, 0.717) is 6.54 Å². The van der Waals surface area contributed by atoms with E-state index in [1.165, 1.54) is 0 Å². The van der Waals surface area contributed by atoms with Crippen molar-refractivity contribution >= 4 is 33.3 Å². The summed E-state index contributed by atoms with van der Waals surface area (Å²) in [5.41, 5.74) is 6.65. The molecule has 20 heavy (non-hydrogen) atoms. The van der Waals surface area contributed by atoms with E-state index in [2.05, 4.69) is 38.1 Å². The summed E-state index contributed by atoms with van der Waals surface area (Å²) in [5, 5.41) is 3.26. The molecule has 0 radical (unpaired) electrons. The molecule has 0 saturated heterocycles. The SMILES string of the molecule is CC(CN)N(C)c1cc(Nc2cccc(Br)c2)ncn1. The third-order valence-corrected chi connectivity index (χ3v) is 3.61. The topological polar surface area (TPSA) is 67.1 Å². The Morgan fingerprint density at radius 2 is 2.15 bits per heavy atom. The van der Waals surface area contributed by atoms with Gasteiger partial charge in [-0.25, -0.2) is 9.97 Å². The summed E-state index contributed by atoms with van der Waals surface area (Å²) in [6, 6.07) is 10.1. The van der Waals surface area contributed by atoms with Crippen molar-refractivity contribution in [3.8, 4) is 0 Å². The van der Waals surface area contributed by atoms with Crippen LogP contribution in [0, 0.1) is 0 Å². The zero-order chi connectivity index (χ0) is 14.5. The van der Waals surface area contributed by atoms with Gasteiger partial charge in [-0.3, -0.25) is 0 Å². The molecule has 2 aromatic rings. The Morgan fingerprint density at radius 1 is 1.35 bits per heavy atom. The first-order chi connectivity index (χ1) is 9.60. The highest BCUT2D eigenvalue weighted by molar-refractivity contribution is 9.10. The van der Waals surface area contributed by atoms with Gasteiger partial charge in [-0.2, -0.15) is 0 Å². The molecular formula is C14H18BrN5. The second-order valence-corrected chi connectivity index (χ2v) is 5.51. The standard InChI is InChI=1S/C14H18BrN5/c1-10(8-16)20(2)14-7-13(17-9-18-14)19-12-5-3-4-11(15)6-12/h3-7,9-10H,8,16H2,1-2H3,(H,17,18,19). The maximum Gasteiger partial charge on any atom is 0.135 e. The molecule has 0 spiro atoms. The molecule has 3 N–H and O–H groups in total. The zero-order valence-corrected chi connectivity index (χ0v) is 13.1. The van der Waals surface area contributed by atoms with Crippen LogP contribution in [0.15, 0.2) is 41.1 Å². The average Bonchev–Trinajstić information content (AvgIpc) is 2.46. The van der Waals surface area contributed by atoms with E-state index in [1.54, 1.807) is 6.33 Å². The van der Waals surface area contributed by atoms with Gasteiger partial charge in [0, 0.05) is 35.9 Å². The number of hydrogen-bond donors (Lipinski definition) is 2. The van der Waals surface area contributed by atoms with Crippen LogP contribution in [0.1, 0.15) is 6.92 Å². The summed E-state index contributed by atoms with van der Waals surface area (Å²) >= 11 is 3.45. The first-order valence-corrected chi connectivity index (χ1v) is 7.17. The van der Waals surface area contributed by atoms with Crippen LogP contribution in [-0.2, 0) is 0 Å². The molecule has 0 amide bonds. The van der Waals surface area contributed by atoms with Crippen molar-refractivity contribution in [3.05, 3.63) is 41.1 Å². The second-order valence-electron chi connectivity index (χ2n) is 4.59. The van der Waals surface area contributed by atoms with Crippen LogP contribution in [-0.4, -0.2) is 29.6 Å². The average molecular weight is 336 g/mol. The normalized spacial score (nSPS) is 12.0. The summed E-state index contributed by atoms with van der Waals surface area (Å²) in [4.78, 5) is 10.5. The Bertz CT molecular complexity index is 575. The van der Waals surface area contributed by atoms with Crippen LogP contribution in [0.4, 0.5) is 17.3 Å². The van der Waals surface area contributed by atoms with Crippen molar-refractivity contribution in [1.82, 2.24) is 9.97 Å². The summed E-state index contributed by atoms with van der Waals surface area (Å²) in [7, 11) is 1.97. The van der Waals surface area contributed by atoms with E-state index in [9.17, 15) is 0 Å². The molecule has 5 nitrogen and oxygen atoms in total. The zero-order valence-electron chi connectivity index (χ0n) is 11.5. The molecule has 0 aliphatic heterocycles. The molecule has 2 rings (SSSR count). The predicted octanol–water partition coefficient (Wildman–Crippen LogP) is 2.77. The molecular weight excluding hydrogens is 318 g/mol. The van der Waals surface area contributed by atoms with Crippen molar-refractivity contribution in [2.24, 2.45) is 5.73 Å². The second kappa shape index (κ2) is 6.67. The van der Waals surface area contributed by atoms with Crippen LogP contribution in [0.5, 0.6) is 0 Å². The minimum atomic E-state index is 0.226. The van der Waals surface area contributed by atoms with Gasteiger partial charge in [0.1, 0.15) is 18.0 Å². The van der Waals surface area contributed by atoms with Crippen molar-refractivity contribution in [1.29, 1.82) is 0 Å². The minimum Gasteiger partial charge on any atom is -0.356 e. The number of benzene rings is 1. The Balaban J connectivity index is 2.17. The molecule has 6 heteroatoms. The highest BCUT2D eigenvalue weighted by Crippen LogP contribution is 2.21. The van der Waals surface area contributed by atoms with Crippen molar-refractivity contribution in [2.75, 3.05) is 23.8 Å². The van der Waals surface area contributed by atoms with E-state index in [1.807, 2.05) is 42.3 Å². The number of likely N-dealkylation sites (N-methyl/N-ethyl adjacent to an activating group) is 1. The van der Waals surface area contributed by atoms with Crippen molar-refractivity contribution in [3.63, 3.8) is 0 Å². The smallest absolute Gasteiger partial charge is 0.135 e. The maximum atomic E-state index is 5.68. The number of aromatic nitrogens is 2. The van der Waals surface area contributed by atoms with Crippen molar-refractivity contribution in [2.45, 2.75) is 13.0 Å². The third kappa shape index (κ3) is 3.68. The fourth-order valence-electron chi connectivity index (χ4n) is 1.71. The Kier molecular flexibility index (Phi) is 4.92. The van der Waals surface area contributed by atoms with E-state index in [-0.39, 0.29) is 6.04 Å². The van der Waals surface area contributed by atoms with Gasteiger partial charge >= 0.3 is 0 Å². The third-order valence-electron chi connectivity index (χ3n) is 3.11. The molecule has 0 aliphatic rings. The first kappa shape index (κ1) is 14.7. The molecule has 0 aliphatic carbocycles. The number of hydrogen-bond acceptors (Lipinski definition) is 5. The number of nitrogens with zero attached hydrogens (tertiary/aromatic N) is 3. The minimum absolute atomic E-state index is 0.226. The fraction of sp³-hybridized carbons (Fsp3) is 0.286. The summed E-state index contributed by atoms with van der Waals surface area (Å²) in [5.74, 6) is 1.60. The lowest BCUT2D eigenvalue weighted by atomic mass is 10.3. The molecule has 106 valence electrons. The lowest BCUT2D eigenvalue weighted by Gasteiger charge is -2.24. The van der Waals surface area contributed by atoms with Crippen LogP contribution >= 0.6 is 15.9 Å². The maximum absolute atomic E-state index is 5.68. The Hall–Kier alpha value is -1.66. The lowest BCUT2D eigenvalue weighted by Crippen LogP contribution is -2.35. The number of anilines is 3. The van der Waals surface area contributed by atoms with E-state index in [0.717, 1.165) is 21.8 Å². The Morgan fingerprint density at radius 3 is 2.85 bits per heavy atom. The molecule has 1 aromatic heterocycles. The quantitative estimate of drug-likeness (QED) is 0.879. The molecule has 1 heterocycles. The van der Waals surface area contributed by atoms with Gasteiger partial charge in [0.25, 0.3) is 0 Å². The number of halogens is 1. The first-order valence-electron chi connectivity index (χ1n) is 6.37. The van der Waals surface area contributed by atoms with Gasteiger partial charge < -0.3 is 16.0 Å². The number of nitrogens with one attached hydrogen (secondary N) is 1. The molecule has 0 saturated carbocycles. The summed E-state index contributed by atoms with van der Waals surface area (Å²) in [6.45, 7) is 2.64. The molecule has 1 aromatic carbocycles. The lowest BCUT2D eigenvalue weighted by molar-refractivity contribution is 0.686. The monoisotopic (exact) mass is 335 g/mol. The highest BCUT2D eigenvalue weighted by atomic mass is 79.9.